The van der Waals surface area contributed by atoms with Crippen LogP contribution in [0.1, 0.15) is 15.9 Å². The molecule has 3 rings (SSSR count). The molecule has 5 nitrogen and oxygen atoms in total. The molecule has 7 heteroatoms. The molecule has 0 fully saturated rings. The molecular formula is C17H15ClN2O3S. The van der Waals surface area contributed by atoms with Crippen LogP contribution in [0.15, 0.2) is 48.5 Å². The van der Waals surface area contributed by atoms with Gasteiger partial charge >= 0.3 is 0 Å². The lowest BCUT2D eigenvalue weighted by atomic mass is 10.2. The van der Waals surface area contributed by atoms with Crippen LogP contribution in [0.5, 0.6) is 0 Å². The molecule has 3 aromatic rings. The summed E-state index contributed by atoms with van der Waals surface area (Å²) in [5, 5.41) is 1.37. The van der Waals surface area contributed by atoms with Gasteiger partial charge in [-0.05, 0) is 29.8 Å². The van der Waals surface area contributed by atoms with Gasteiger partial charge in [0.15, 0.2) is 6.29 Å². The summed E-state index contributed by atoms with van der Waals surface area (Å²) >= 11 is 5.87. The lowest BCUT2D eigenvalue weighted by Gasteiger charge is -2.20. The highest BCUT2D eigenvalue weighted by atomic mass is 35.5. The molecule has 0 aliphatic rings. The van der Waals surface area contributed by atoms with Crippen molar-refractivity contribution >= 4 is 44.6 Å². The quantitative estimate of drug-likeness (QED) is 0.705. The maximum atomic E-state index is 12.2. The highest BCUT2D eigenvalue weighted by Gasteiger charge is 2.20. The molecule has 124 valence electrons. The van der Waals surface area contributed by atoms with Gasteiger partial charge in [0.05, 0.1) is 18.3 Å². The number of aromatic nitrogens is 1. The van der Waals surface area contributed by atoms with Gasteiger partial charge in [0.1, 0.15) is 5.82 Å². The SMILES string of the molecule is CS(=O)(=O)N(Cc1ccc(Cl)cc1)c1cc2cccc(C=O)c2[nH]1. The molecule has 0 spiro atoms. The van der Waals surface area contributed by atoms with E-state index in [-0.39, 0.29) is 6.54 Å². The van der Waals surface area contributed by atoms with E-state index in [1.807, 2.05) is 6.07 Å². The van der Waals surface area contributed by atoms with Crippen LogP contribution in [0, 0.1) is 0 Å². The first-order valence-electron chi connectivity index (χ1n) is 7.17. The van der Waals surface area contributed by atoms with Gasteiger partial charge in [0, 0.05) is 16.0 Å². The van der Waals surface area contributed by atoms with Crippen molar-refractivity contribution in [3.05, 3.63) is 64.7 Å². The van der Waals surface area contributed by atoms with Gasteiger partial charge < -0.3 is 4.98 Å². The number of halogens is 1. The molecule has 0 bridgehead atoms. The summed E-state index contributed by atoms with van der Waals surface area (Å²) in [6.07, 6.45) is 1.89. The van der Waals surface area contributed by atoms with Gasteiger partial charge in [0.25, 0.3) is 0 Å². The Morgan fingerprint density at radius 3 is 2.50 bits per heavy atom. The number of sulfonamides is 1. The molecule has 24 heavy (non-hydrogen) atoms. The Morgan fingerprint density at radius 1 is 1.17 bits per heavy atom. The monoisotopic (exact) mass is 362 g/mol. The number of para-hydroxylation sites is 1. The molecule has 1 N–H and O–H groups in total. The van der Waals surface area contributed by atoms with Gasteiger partial charge in [-0.2, -0.15) is 0 Å². The second-order valence-electron chi connectivity index (χ2n) is 5.48. The Morgan fingerprint density at radius 2 is 1.88 bits per heavy atom. The third-order valence-corrected chi connectivity index (χ3v) is 5.09. The summed E-state index contributed by atoms with van der Waals surface area (Å²) in [7, 11) is -3.51. The average molecular weight is 363 g/mol. The Hall–Kier alpha value is -2.31. The molecule has 0 aliphatic carbocycles. The van der Waals surface area contributed by atoms with Crippen LogP contribution < -0.4 is 4.31 Å². The van der Waals surface area contributed by atoms with E-state index in [0.717, 1.165) is 23.5 Å². The number of carbonyl (C=O) groups excluding carboxylic acids is 1. The molecular weight excluding hydrogens is 348 g/mol. The van der Waals surface area contributed by atoms with E-state index < -0.39 is 10.0 Å². The van der Waals surface area contributed by atoms with E-state index in [2.05, 4.69) is 4.98 Å². The summed E-state index contributed by atoms with van der Waals surface area (Å²) in [5.74, 6) is 0.414. The zero-order chi connectivity index (χ0) is 17.3. The summed E-state index contributed by atoms with van der Waals surface area (Å²) in [6.45, 7) is 0.166. The summed E-state index contributed by atoms with van der Waals surface area (Å²) < 4.78 is 25.8. The van der Waals surface area contributed by atoms with Gasteiger partial charge in [-0.15, -0.1) is 0 Å². The van der Waals surface area contributed by atoms with Gasteiger partial charge in [-0.25, -0.2) is 8.42 Å². The lowest BCUT2D eigenvalue weighted by molar-refractivity contribution is 0.112. The van der Waals surface area contributed by atoms with E-state index in [4.69, 9.17) is 11.6 Å². The second-order valence-corrected chi connectivity index (χ2v) is 7.82. The number of fused-ring (bicyclic) bond motifs is 1. The molecule has 0 amide bonds. The smallest absolute Gasteiger partial charge is 0.233 e. The largest absolute Gasteiger partial charge is 0.340 e. The predicted molar refractivity (Wildman–Crippen MR) is 96.2 cm³/mol. The Labute approximate surface area is 144 Å². The summed E-state index contributed by atoms with van der Waals surface area (Å²) in [4.78, 5) is 14.2. The van der Waals surface area contributed by atoms with Crippen molar-refractivity contribution in [2.75, 3.05) is 10.6 Å². The highest BCUT2D eigenvalue weighted by Crippen LogP contribution is 2.27. The predicted octanol–water partition coefficient (Wildman–Crippen LogP) is 3.60. The van der Waals surface area contributed by atoms with Crippen molar-refractivity contribution < 1.29 is 13.2 Å². The van der Waals surface area contributed by atoms with Crippen LogP contribution in [0.2, 0.25) is 5.02 Å². The minimum atomic E-state index is -3.51. The first kappa shape index (κ1) is 16.5. The van der Waals surface area contributed by atoms with E-state index in [0.29, 0.717) is 21.9 Å². The fraction of sp³-hybridized carbons (Fsp3) is 0.118. The molecule has 0 unspecified atom stereocenters. The number of H-pyrrole nitrogens is 1. The Kier molecular flexibility index (Phi) is 4.34. The van der Waals surface area contributed by atoms with Crippen molar-refractivity contribution in [2.45, 2.75) is 6.54 Å². The molecule has 1 heterocycles. The van der Waals surface area contributed by atoms with Crippen molar-refractivity contribution in [3.8, 4) is 0 Å². The van der Waals surface area contributed by atoms with Crippen molar-refractivity contribution in [2.24, 2.45) is 0 Å². The van der Waals surface area contributed by atoms with E-state index in [1.165, 1.54) is 4.31 Å². The Bertz CT molecular complexity index is 994. The molecule has 1 aromatic heterocycles. The van der Waals surface area contributed by atoms with Crippen LogP contribution in [0.4, 0.5) is 5.82 Å². The number of nitrogens with one attached hydrogen (secondary N) is 1. The lowest BCUT2D eigenvalue weighted by Crippen LogP contribution is -2.29. The summed E-state index contributed by atoms with van der Waals surface area (Å²) in [6, 6.07) is 14.0. The van der Waals surface area contributed by atoms with Gasteiger partial charge in [-0.1, -0.05) is 35.9 Å². The number of rotatable bonds is 5. The standard InChI is InChI=1S/C17H15ClN2O3S/c1-24(22,23)20(10-12-5-7-15(18)8-6-12)16-9-13-3-2-4-14(11-21)17(13)19-16/h2-9,11,19H,10H2,1H3. The number of hydrogen-bond donors (Lipinski definition) is 1. The van der Waals surface area contributed by atoms with Gasteiger partial charge in [-0.3, -0.25) is 9.10 Å². The van der Waals surface area contributed by atoms with Crippen molar-refractivity contribution in [1.82, 2.24) is 4.98 Å². The molecule has 0 saturated carbocycles. The van der Waals surface area contributed by atoms with Crippen LogP contribution in [0.25, 0.3) is 10.9 Å². The Balaban J connectivity index is 2.06. The fourth-order valence-electron chi connectivity index (χ4n) is 2.53. The zero-order valence-electron chi connectivity index (χ0n) is 12.9. The van der Waals surface area contributed by atoms with Crippen LogP contribution in [-0.2, 0) is 16.6 Å². The third kappa shape index (κ3) is 3.29. The summed E-state index contributed by atoms with van der Waals surface area (Å²) in [5.41, 5.74) is 1.91. The van der Waals surface area contributed by atoms with Crippen LogP contribution >= 0.6 is 11.6 Å². The van der Waals surface area contributed by atoms with Crippen LogP contribution in [-0.4, -0.2) is 25.9 Å². The molecule has 0 atom stereocenters. The number of hydrogen-bond acceptors (Lipinski definition) is 3. The fourth-order valence-corrected chi connectivity index (χ4v) is 3.50. The minimum absolute atomic E-state index is 0.166. The maximum Gasteiger partial charge on any atom is 0.233 e. The number of aromatic amines is 1. The first-order chi connectivity index (χ1) is 11.4. The highest BCUT2D eigenvalue weighted by molar-refractivity contribution is 7.92. The van der Waals surface area contributed by atoms with Crippen molar-refractivity contribution in [3.63, 3.8) is 0 Å². The first-order valence-corrected chi connectivity index (χ1v) is 9.40. The number of anilines is 1. The maximum absolute atomic E-state index is 12.2. The molecule has 0 radical (unpaired) electrons. The molecule has 0 aliphatic heterocycles. The van der Waals surface area contributed by atoms with Crippen LogP contribution in [0.3, 0.4) is 0 Å². The van der Waals surface area contributed by atoms with E-state index in [1.54, 1.807) is 42.5 Å². The van der Waals surface area contributed by atoms with Crippen molar-refractivity contribution in [1.29, 1.82) is 0 Å². The number of carbonyl (C=O) groups is 1. The zero-order valence-corrected chi connectivity index (χ0v) is 14.4. The normalized spacial score (nSPS) is 11.6. The average Bonchev–Trinajstić information content (AvgIpc) is 2.96. The number of benzene rings is 2. The van der Waals surface area contributed by atoms with E-state index >= 15 is 0 Å². The molecule has 0 saturated heterocycles. The number of aldehydes is 1. The number of nitrogens with zero attached hydrogens (tertiary/aromatic N) is 1. The topological polar surface area (TPSA) is 70.2 Å². The minimum Gasteiger partial charge on any atom is -0.340 e. The third-order valence-electron chi connectivity index (χ3n) is 3.71. The second kappa shape index (κ2) is 6.30. The molecule has 2 aromatic carbocycles. The van der Waals surface area contributed by atoms with E-state index in [9.17, 15) is 13.2 Å². The van der Waals surface area contributed by atoms with Gasteiger partial charge in [0.2, 0.25) is 10.0 Å².